The molecule has 0 N–H and O–H groups in total. The first kappa shape index (κ1) is 18.5. The van der Waals surface area contributed by atoms with Crippen LogP contribution in [0.15, 0.2) is 48.5 Å². The molecule has 2 aromatic carbocycles. The Kier molecular flexibility index (Phi) is 6.57. The molecule has 0 aliphatic heterocycles. The first-order valence-corrected chi connectivity index (χ1v) is 8.09. The molecule has 0 saturated heterocycles. The number of hydrogen-bond donors (Lipinski definition) is 0. The number of hydrogen-bond acceptors (Lipinski definition) is 4. The molecule has 0 aliphatic carbocycles. The van der Waals surface area contributed by atoms with E-state index < -0.39 is 0 Å². The third kappa shape index (κ3) is 5.35. The van der Waals surface area contributed by atoms with Gasteiger partial charge in [-0.3, -0.25) is 9.59 Å². The van der Waals surface area contributed by atoms with Gasteiger partial charge in [0.2, 0.25) is 0 Å². The molecular formula is C20H23NO4. The quantitative estimate of drug-likeness (QED) is 0.726. The summed E-state index contributed by atoms with van der Waals surface area (Å²) in [6.45, 7) is 2.68. The lowest BCUT2D eigenvalue weighted by Crippen LogP contribution is -2.32. The van der Waals surface area contributed by atoms with Crippen LogP contribution in [0.2, 0.25) is 0 Å². The molecule has 0 saturated carbocycles. The van der Waals surface area contributed by atoms with Gasteiger partial charge in [0.05, 0.1) is 20.6 Å². The highest BCUT2D eigenvalue weighted by Crippen LogP contribution is 2.15. The monoisotopic (exact) mass is 341 g/mol. The van der Waals surface area contributed by atoms with Gasteiger partial charge in [-0.25, -0.2) is 0 Å². The Hall–Kier alpha value is -2.82. The number of rotatable bonds is 7. The molecule has 2 aromatic rings. The lowest BCUT2D eigenvalue weighted by Gasteiger charge is -2.23. The fourth-order valence-electron chi connectivity index (χ4n) is 2.41. The fourth-order valence-corrected chi connectivity index (χ4v) is 2.41. The highest BCUT2D eigenvalue weighted by molar-refractivity contribution is 5.94. The summed E-state index contributed by atoms with van der Waals surface area (Å²) >= 11 is 0. The van der Waals surface area contributed by atoms with Crippen molar-refractivity contribution in [3.05, 3.63) is 65.2 Å². The second-order valence-electron chi connectivity index (χ2n) is 5.77. The molecule has 0 aromatic heterocycles. The van der Waals surface area contributed by atoms with Crippen molar-refractivity contribution in [3.8, 4) is 5.75 Å². The van der Waals surface area contributed by atoms with Gasteiger partial charge in [0, 0.05) is 18.7 Å². The molecule has 1 amide bonds. The van der Waals surface area contributed by atoms with Crippen LogP contribution >= 0.6 is 0 Å². The van der Waals surface area contributed by atoms with E-state index in [2.05, 4.69) is 4.74 Å². The van der Waals surface area contributed by atoms with Gasteiger partial charge in [0.25, 0.3) is 5.91 Å². The van der Waals surface area contributed by atoms with Crippen LogP contribution < -0.4 is 4.74 Å². The van der Waals surface area contributed by atoms with Crippen LogP contribution in [0.25, 0.3) is 0 Å². The zero-order valence-electron chi connectivity index (χ0n) is 14.8. The molecule has 0 unspecified atom stereocenters. The maximum absolute atomic E-state index is 12.8. The molecular weight excluding hydrogens is 318 g/mol. The maximum Gasteiger partial charge on any atom is 0.307 e. The van der Waals surface area contributed by atoms with Gasteiger partial charge in [-0.2, -0.15) is 0 Å². The number of benzene rings is 2. The number of methoxy groups -OCH3 is 2. The fraction of sp³-hybridized carbons (Fsp3) is 0.300. The Morgan fingerprint density at radius 3 is 2.16 bits per heavy atom. The zero-order valence-corrected chi connectivity index (χ0v) is 14.8. The van der Waals surface area contributed by atoms with E-state index in [0.717, 1.165) is 16.9 Å². The summed E-state index contributed by atoms with van der Waals surface area (Å²) in [6.07, 6.45) is 0.157. The van der Waals surface area contributed by atoms with Gasteiger partial charge < -0.3 is 14.4 Å². The van der Waals surface area contributed by atoms with Crippen molar-refractivity contribution in [1.29, 1.82) is 0 Å². The summed E-state index contributed by atoms with van der Waals surface area (Å²) in [4.78, 5) is 26.0. The van der Waals surface area contributed by atoms with Gasteiger partial charge in [0.1, 0.15) is 5.75 Å². The first-order chi connectivity index (χ1) is 12.0. The maximum atomic E-state index is 12.8. The molecule has 5 heteroatoms. The third-order valence-electron chi connectivity index (χ3n) is 3.93. The van der Waals surface area contributed by atoms with E-state index in [1.54, 1.807) is 24.1 Å². The van der Waals surface area contributed by atoms with Crippen molar-refractivity contribution in [1.82, 2.24) is 4.90 Å². The number of nitrogens with zero attached hydrogens (tertiary/aromatic N) is 1. The topological polar surface area (TPSA) is 55.8 Å². The Morgan fingerprint density at radius 1 is 0.960 bits per heavy atom. The summed E-state index contributed by atoms with van der Waals surface area (Å²) < 4.78 is 9.84. The van der Waals surface area contributed by atoms with Crippen molar-refractivity contribution in [2.45, 2.75) is 19.9 Å². The van der Waals surface area contributed by atoms with E-state index in [1.807, 2.05) is 43.3 Å². The van der Waals surface area contributed by atoms with Crippen LogP contribution in [0.1, 0.15) is 27.9 Å². The predicted octanol–water partition coefficient (Wildman–Crippen LogP) is 3.21. The van der Waals surface area contributed by atoms with E-state index >= 15 is 0 Å². The van der Waals surface area contributed by atoms with Crippen molar-refractivity contribution in [2.24, 2.45) is 0 Å². The molecule has 25 heavy (non-hydrogen) atoms. The lowest BCUT2D eigenvalue weighted by molar-refractivity contribution is -0.140. The molecule has 0 heterocycles. The van der Waals surface area contributed by atoms with Crippen LogP contribution in [0.5, 0.6) is 5.75 Å². The summed E-state index contributed by atoms with van der Waals surface area (Å²) in [7, 11) is 2.95. The van der Waals surface area contributed by atoms with Crippen molar-refractivity contribution >= 4 is 11.9 Å². The van der Waals surface area contributed by atoms with E-state index in [1.165, 1.54) is 7.11 Å². The smallest absolute Gasteiger partial charge is 0.307 e. The van der Waals surface area contributed by atoms with E-state index in [-0.39, 0.29) is 18.3 Å². The number of esters is 1. The highest BCUT2D eigenvalue weighted by atomic mass is 16.5. The van der Waals surface area contributed by atoms with Gasteiger partial charge in [0.15, 0.2) is 0 Å². The molecule has 0 radical (unpaired) electrons. The summed E-state index contributed by atoms with van der Waals surface area (Å²) in [5.41, 5.74) is 2.66. The zero-order chi connectivity index (χ0) is 18.2. The second-order valence-corrected chi connectivity index (χ2v) is 5.77. The molecule has 0 atom stereocenters. The standard InChI is InChI=1S/C20H23NO4/c1-15-4-8-17(9-5-15)20(23)21(13-12-19(22)25-3)14-16-6-10-18(24-2)11-7-16/h4-11H,12-14H2,1-3H3. The Labute approximate surface area is 148 Å². The number of ether oxygens (including phenoxy) is 2. The molecule has 0 fully saturated rings. The number of aryl methyl sites for hydroxylation is 1. The van der Waals surface area contributed by atoms with Crippen molar-refractivity contribution in [2.75, 3.05) is 20.8 Å². The molecule has 2 rings (SSSR count). The summed E-state index contributed by atoms with van der Waals surface area (Å²) in [5, 5.41) is 0. The average molecular weight is 341 g/mol. The number of carbonyl (C=O) groups is 2. The lowest BCUT2D eigenvalue weighted by atomic mass is 10.1. The number of amides is 1. The van der Waals surface area contributed by atoms with Gasteiger partial charge in [-0.1, -0.05) is 29.8 Å². The minimum absolute atomic E-state index is 0.111. The van der Waals surface area contributed by atoms with Crippen LogP contribution in [0.4, 0.5) is 0 Å². The van der Waals surface area contributed by atoms with Crippen LogP contribution in [-0.4, -0.2) is 37.5 Å². The normalized spacial score (nSPS) is 10.2. The minimum atomic E-state index is -0.337. The van der Waals surface area contributed by atoms with Gasteiger partial charge in [-0.05, 0) is 36.8 Å². The SMILES string of the molecule is COC(=O)CCN(Cc1ccc(OC)cc1)C(=O)c1ccc(C)cc1. The third-order valence-corrected chi connectivity index (χ3v) is 3.93. The molecule has 0 aliphatic rings. The Morgan fingerprint density at radius 2 is 1.60 bits per heavy atom. The second kappa shape index (κ2) is 8.87. The van der Waals surface area contributed by atoms with Crippen molar-refractivity contribution in [3.63, 3.8) is 0 Å². The Bertz CT molecular complexity index is 707. The highest BCUT2D eigenvalue weighted by Gasteiger charge is 2.17. The largest absolute Gasteiger partial charge is 0.497 e. The van der Waals surface area contributed by atoms with Gasteiger partial charge in [-0.15, -0.1) is 0 Å². The molecule has 0 spiro atoms. The van der Waals surface area contributed by atoms with E-state index in [0.29, 0.717) is 18.7 Å². The number of carbonyl (C=O) groups excluding carboxylic acids is 2. The molecule has 132 valence electrons. The summed E-state index contributed by atoms with van der Waals surface area (Å²) in [6, 6.07) is 14.9. The van der Waals surface area contributed by atoms with E-state index in [9.17, 15) is 9.59 Å². The van der Waals surface area contributed by atoms with Crippen LogP contribution in [0, 0.1) is 6.92 Å². The average Bonchev–Trinajstić information content (AvgIpc) is 2.65. The molecule has 0 bridgehead atoms. The Balaban J connectivity index is 2.17. The van der Waals surface area contributed by atoms with Crippen molar-refractivity contribution < 1.29 is 19.1 Å². The van der Waals surface area contributed by atoms with E-state index in [4.69, 9.17) is 4.74 Å². The van der Waals surface area contributed by atoms with Crippen LogP contribution in [0.3, 0.4) is 0 Å². The minimum Gasteiger partial charge on any atom is -0.497 e. The first-order valence-electron chi connectivity index (χ1n) is 8.09. The summed E-state index contributed by atoms with van der Waals surface area (Å²) in [5.74, 6) is 0.311. The molecule has 5 nitrogen and oxygen atoms in total. The van der Waals surface area contributed by atoms with Gasteiger partial charge >= 0.3 is 5.97 Å². The predicted molar refractivity (Wildman–Crippen MR) is 95.5 cm³/mol. The van der Waals surface area contributed by atoms with Crippen LogP contribution in [-0.2, 0) is 16.1 Å².